The molecule has 0 saturated heterocycles. The minimum absolute atomic E-state index is 0.0119. The Morgan fingerprint density at radius 2 is 1.83 bits per heavy atom. The molecule has 0 spiro atoms. The summed E-state index contributed by atoms with van der Waals surface area (Å²) in [6, 6.07) is 9.90. The number of aromatic nitrogens is 2. The van der Waals surface area contributed by atoms with Gasteiger partial charge in [0.1, 0.15) is 0 Å². The third-order valence-corrected chi connectivity index (χ3v) is 5.77. The van der Waals surface area contributed by atoms with Gasteiger partial charge in [0.25, 0.3) is 6.43 Å². The molecule has 0 aliphatic carbocycles. The topological polar surface area (TPSA) is 21.1 Å². The lowest BCUT2D eigenvalue weighted by Gasteiger charge is -2.34. The lowest BCUT2D eigenvalue weighted by molar-refractivity contribution is 0.152. The van der Waals surface area contributed by atoms with Gasteiger partial charge in [-0.3, -0.25) is 4.68 Å². The third kappa shape index (κ3) is 3.43. The van der Waals surface area contributed by atoms with Crippen LogP contribution in [0.1, 0.15) is 43.9 Å². The number of nitrogens with zero attached hydrogens (tertiary/aromatic N) is 3. The summed E-state index contributed by atoms with van der Waals surface area (Å²) in [5.41, 5.74) is 6.09. The molecular formula is C24H27F2N3. The Kier molecular flexibility index (Phi) is 4.72. The minimum Gasteiger partial charge on any atom is -0.366 e. The van der Waals surface area contributed by atoms with Crippen LogP contribution in [0.4, 0.5) is 14.5 Å². The number of aryl methyl sites for hydroxylation is 2. The van der Waals surface area contributed by atoms with Crippen molar-refractivity contribution in [1.82, 2.24) is 9.78 Å². The van der Waals surface area contributed by atoms with Crippen molar-refractivity contribution in [2.75, 3.05) is 11.4 Å². The standard InChI is InChI=1S/C24H27F2N3/c1-15-6-9-19(18-13-27-28(5)14-18)22(23(25)26)21(15)17-8-7-16-10-11-29(20(16)12-17)24(2,3)4/h6-9,12-14,23H,10-11H2,1-5H3. The largest absolute Gasteiger partial charge is 0.366 e. The molecule has 3 nitrogen and oxygen atoms in total. The second kappa shape index (κ2) is 6.97. The quantitative estimate of drug-likeness (QED) is 0.529. The predicted octanol–water partition coefficient (Wildman–Crippen LogP) is 6.16. The van der Waals surface area contributed by atoms with Crippen LogP contribution in [0.25, 0.3) is 22.3 Å². The Bertz CT molecular complexity index is 1060. The third-order valence-electron chi connectivity index (χ3n) is 5.77. The van der Waals surface area contributed by atoms with E-state index >= 15 is 0 Å². The molecule has 2 heterocycles. The van der Waals surface area contributed by atoms with E-state index in [1.807, 2.05) is 19.1 Å². The zero-order valence-corrected chi connectivity index (χ0v) is 17.6. The second-order valence-corrected chi connectivity index (χ2v) is 8.84. The molecule has 1 aliphatic rings. The first kappa shape index (κ1) is 19.6. The first-order valence-corrected chi connectivity index (χ1v) is 9.98. The molecule has 0 unspecified atom stereocenters. The summed E-state index contributed by atoms with van der Waals surface area (Å²) in [5, 5.41) is 4.17. The van der Waals surface area contributed by atoms with Gasteiger partial charge in [0.15, 0.2) is 0 Å². The van der Waals surface area contributed by atoms with Crippen molar-refractivity contribution in [1.29, 1.82) is 0 Å². The van der Waals surface area contributed by atoms with Gasteiger partial charge in [-0.25, -0.2) is 8.78 Å². The maximum atomic E-state index is 14.3. The molecule has 0 atom stereocenters. The van der Waals surface area contributed by atoms with Gasteiger partial charge in [0.05, 0.1) is 6.20 Å². The molecule has 3 aromatic rings. The average molecular weight is 395 g/mol. The van der Waals surface area contributed by atoms with E-state index in [2.05, 4.69) is 42.9 Å². The van der Waals surface area contributed by atoms with E-state index in [1.165, 1.54) is 5.56 Å². The van der Waals surface area contributed by atoms with Crippen molar-refractivity contribution in [3.8, 4) is 22.3 Å². The summed E-state index contributed by atoms with van der Waals surface area (Å²) < 4.78 is 30.3. The van der Waals surface area contributed by atoms with Crippen molar-refractivity contribution < 1.29 is 8.78 Å². The van der Waals surface area contributed by atoms with Crippen LogP contribution >= 0.6 is 0 Å². The Morgan fingerprint density at radius 1 is 1.07 bits per heavy atom. The predicted molar refractivity (Wildman–Crippen MR) is 115 cm³/mol. The molecule has 1 aromatic heterocycles. The number of anilines is 1. The summed E-state index contributed by atoms with van der Waals surface area (Å²) >= 11 is 0. The summed E-state index contributed by atoms with van der Waals surface area (Å²) in [5.74, 6) is 0. The van der Waals surface area contributed by atoms with Crippen LogP contribution in [0.2, 0.25) is 0 Å². The molecule has 0 amide bonds. The maximum absolute atomic E-state index is 14.3. The fraction of sp³-hybridized carbons (Fsp3) is 0.375. The summed E-state index contributed by atoms with van der Waals surface area (Å²) in [6.45, 7) is 9.43. The minimum atomic E-state index is -2.58. The van der Waals surface area contributed by atoms with Crippen molar-refractivity contribution >= 4 is 5.69 Å². The molecule has 2 aromatic carbocycles. The van der Waals surface area contributed by atoms with E-state index in [4.69, 9.17) is 0 Å². The van der Waals surface area contributed by atoms with Crippen molar-refractivity contribution in [2.45, 2.75) is 46.1 Å². The van der Waals surface area contributed by atoms with Crippen LogP contribution in [0.15, 0.2) is 42.7 Å². The number of hydrogen-bond donors (Lipinski definition) is 0. The normalized spacial score (nSPS) is 14.0. The number of fused-ring (bicyclic) bond motifs is 1. The first-order valence-electron chi connectivity index (χ1n) is 9.98. The van der Waals surface area contributed by atoms with Crippen LogP contribution in [-0.4, -0.2) is 21.9 Å². The Morgan fingerprint density at radius 3 is 2.45 bits per heavy atom. The van der Waals surface area contributed by atoms with Gasteiger partial charge < -0.3 is 4.90 Å². The highest BCUT2D eigenvalue weighted by atomic mass is 19.3. The van der Waals surface area contributed by atoms with Gasteiger partial charge in [-0.05, 0) is 68.0 Å². The molecule has 152 valence electrons. The lowest BCUT2D eigenvalue weighted by atomic mass is 9.89. The molecule has 0 N–H and O–H groups in total. The molecule has 4 rings (SSSR count). The van der Waals surface area contributed by atoms with E-state index < -0.39 is 6.43 Å². The van der Waals surface area contributed by atoms with E-state index in [1.54, 1.807) is 30.2 Å². The molecule has 0 radical (unpaired) electrons. The number of hydrogen-bond acceptors (Lipinski definition) is 2. The van der Waals surface area contributed by atoms with Gasteiger partial charge in [-0.1, -0.05) is 24.3 Å². The number of halogens is 2. The molecule has 0 bridgehead atoms. The molecule has 5 heteroatoms. The van der Waals surface area contributed by atoms with Crippen molar-refractivity contribution in [3.63, 3.8) is 0 Å². The second-order valence-electron chi connectivity index (χ2n) is 8.84. The van der Waals surface area contributed by atoms with Crippen molar-refractivity contribution in [2.24, 2.45) is 7.05 Å². The molecule has 0 saturated carbocycles. The highest BCUT2D eigenvalue weighted by Crippen LogP contribution is 2.43. The highest BCUT2D eigenvalue weighted by Gasteiger charge is 2.29. The maximum Gasteiger partial charge on any atom is 0.265 e. The van der Waals surface area contributed by atoms with Crippen LogP contribution in [0, 0.1) is 6.92 Å². The Balaban J connectivity index is 1.92. The zero-order valence-electron chi connectivity index (χ0n) is 17.6. The summed E-state index contributed by atoms with van der Waals surface area (Å²) in [6.07, 6.45) is 1.84. The fourth-order valence-electron chi connectivity index (χ4n) is 4.38. The van der Waals surface area contributed by atoms with Crippen LogP contribution in [0.3, 0.4) is 0 Å². The summed E-state index contributed by atoms with van der Waals surface area (Å²) in [7, 11) is 1.79. The lowest BCUT2D eigenvalue weighted by Crippen LogP contribution is -2.40. The van der Waals surface area contributed by atoms with Crippen LogP contribution in [0.5, 0.6) is 0 Å². The van der Waals surface area contributed by atoms with Crippen molar-refractivity contribution in [3.05, 3.63) is 59.4 Å². The van der Waals surface area contributed by atoms with Gasteiger partial charge in [0.2, 0.25) is 0 Å². The Labute approximate surface area is 171 Å². The van der Waals surface area contributed by atoms with E-state index in [-0.39, 0.29) is 11.1 Å². The first-order chi connectivity index (χ1) is 13.7. The van der Waals surface area contributed by atoms with Gasteiger partial charge >= 0.3 is 0 Å². The van der Waals surface area contributed by atoms with E-state index in [0.29, 0.717) is 16.7 Å². The highest BCUT2D eigenvalue weighted by molar-refractivity contribution is 5.83. The molecular weight excluding hydrogens is 368 g/mol. The van der Waals surface area contributed by atoms with Gasteiger partial charge in [-0.2, -0.15) is 5.10 Å². The average Bonchev–Trinajstić information content (AvgIpc) is 3.26. The molecule has 29 heavy (non-hydrogen) atoms. The molecule has 0 fully saturated rings. The van der Waals surface area contributed by atoms with E-state index in [0.717, 1.165) is 29.8 Å². The molecule has 1 aliphatic heterocycles. The van der Waals surface area contributed by atoms with Gasteiger partial charge in [0, 0.05) is 42.1 Å². The zero-order chi connectivity index (χ0) is 20.9. The number of rotatable bonds is 3. The smallest absolute Gasteiger partial charge is 0.265 e. The van der Waals surface area contributed by atoms with Crippen LogP contribution in [-0.2, 0) is 13.5 Å². The van der Waals surface area contributed by atoms with Gasteiger partial charge in [-0.15, -0.1) is 0 Å². The number of benzene rings is 2. The van der Waals surface area contributed by atoms with E-state index in [9.17, 15) is 8.78 Å². The Hall–Kier alpha value is -2.69. The summed E-state index contributed by atoms with van der Waals surface area (Å²) in [4.78, 5) is 2.37. The fourth-order valence-corrected chi connectivity index (χ4v) is 4.38. The van der Waals surface area contributed by atoms with Crippen LogP contribution < -0.4 is 4.90 Å². The number of alkyl halides is 2. The SMILES string of the molecule is Cc1ccc(-c2cnn(C)c2)c(C(F)F)c1-c1ccc2c(c1)N(C(C)(C)C)CC2. The monoisotopic (exact) mass is 395 g/mol.